The van der Waals surface area contributed by atoms with E-state index >= 15 is 0 Å². The number of aryl methyl sites for hydroxylation is 2. The average molecular weight is 463 g/mol. The zero-order valence-electron chi connectivity index (χ0n) is 21.5. The van der Waals surface area contributed by atoms with Crippen molar-refractivity contribution >= 4 is 22.1 Å². The second-order valence-corrected chi connectivity index (χ2v) is 7.77. The van der Waals surface area contributed by atoms with E-state index in [-0.39, 0.29) is 22.9 Å². The van der Waals surface area contributed by atoms with Crippen molar-refractivity contribution < 1.29 is 13.2 Å². The summed E-state index contributed by atoms with van der Waals surface area (Å²) < 4.78 is 44.0. The summed E-state index contributed by atoms with van der Waals surface area (Å²) in [6, 6.07) is 5.27. The van der Waals surface area contributed by atoms with E-state index < -0.39 is 11.6 Å². The fraction of sp³-hybridized carbons (Fsp3) is 0.462. The number of nitrogens with zero attached hydrogens (tertiary/aromatic N) is 4. The van der Waals surface area contributed by atoms with Gasteiger partial charge in [-0.3, -0.25) is 0 Å². The first-order valence-electron chi connectivity index (χ1n) is 11.6. The highest BCUT2D eigenvalue weighted by Crippen LogP contribution is 2.25. The molecule has 0 radical (unpaired) electrons. The lowest BCUT2D eigenvalue weighted by Gasteiger charge is -2.09. The predicted octanol–water partition coefficient (Wildman–Crippen LogP) is 8.32. The van der Waals surface area contributed by atoms with Crippen molar-refractivity contribution in [2.75, 3.05) is 0 Å². The van der Waals surface area contributed by atoms with Crippen LogP contribution in [-0.2, 0) is 0 Å². The summed E-state index contributed by atoms with van der Waals surface area (Å²) in [6.45, 7) is 19.2. The van der Waals surface area contributed by atoms with Crippen LogP contribution in [0, 0.1) is 31.3 Å². The number of hydrogen-bond acceptors (Lipinski definition) is 2. The minimum Gasteiger partial charge on any atom is -0.328 e. The van der Waals surface area contributed by atoms with Crippen molar-refractivity contribution in [1.29, 1.82) is 0 Å². The molecule has 0 spiro atoms. The average Bonchev–Trinajstić information content (AvgIpc) is 3.40. The van der Waals surface area contributed by atoms with Crippen molar-refractivity contribution in [3.8, 4) is 0 Å². The minimum absolute atomic E-state index is 0.0617. The molecule has 0 amide bonds. The van der Waals surface area contributed by atoms with Gasteiger partial charge in [0.25, 0.3) is 0 Å². The fourth-order valence-corrected chi connectivity index (χ4v) is 3.21. The molecule has 0 saturated carbocycles. The van der Waals surface area contributed by atoms with Crippen molar-refractivity contribution in [3.63, 3.8) is 0 Å². The SMILES string of the molecule is CC.CC.Cc1cc2ncn(C(C)C)c2c(F)c1F.Cc1cc2ncn(C(C)C)c2cc1F. The van der Waals surface area contributed by atoms with Crippen molar-refractivity contribution in [1.82, 2.24) is 19.1 Å². The lowest BCUT2D eigenvalue weighted by Crippen LogP contribution is -2.01. The Morgan fingerprint density at radius 1 is 0.667 bits per heavy atom. The van der Waals surface area contributed by atoms with Gasteiger partial charge in [0.1, 0.15) is 11.3 Å². The van der Waals surface area contributed by atoms with Crippen LogP contribution in [0.25, 0.3) is 22.1 Å². The van der Waals surface area contributed by atoms with Crippen LogP contribution in [0.15, 0.2) is 30.9 Å². The monoisotopic (exact) mass is 462 g/mol. The first-order valence-corrected chi connectivity index (χ1v) is 11.6. The van der Waals surface area contributed by atoms with Crippen LogP contribution < -0.4 is 0 Å². The molecule has 0 bridgehead atoms. The number of halogens is 3. The van der Waals surface area contributed by atoms with Gasteiger partial charge in [0, 0.05) is 18.2 Å². The summed E-state index contributed by atoms with van der Waals surface area (Å²) in [6.07, 6.45) is 3.30. The molecule has 2 heterocycles. The summed E-state index contributed by atoms with van der Waals surface area (Å²) in [5.74, 6) is -1.76. The Bertz CT molecular complexity index is 1170. The Labute approximate surface area is 195 Å². The maximum atomic E-state index is 13.7. The van der Waals surface area contributed by atoms with Gasteiger partial charge in [-0.15, -0.1) is 0 Å². The molecule has 7 heteroatoms. The van der Waals surface area contributed by atoms with E-state index in [0.29, 0.717) is 17.1 Å². The molecule has 0 N–H and O–H groups in total. The Kier molecular flexibility index (Phi) is 10.6. The van der Waals surface area contributed by atoms with Gasteiger partial charge in [0.05, 0.1) is 29.2 Å². The summed E-state index contributed by atoms with van der Waals surface area (Å²) in [5, 5.41) is 0. The molecule has 0 atom stereocenters. The molecule has 2 aromatic heterocycles. The summed E-state index contributed by atoms with van der Waals surface area (Å²) in [4.78, 5) is 8.30. The van der Waals surface area contributed by atoms with Crippen LogP contribution in [0.4, 0.5) is 13.2 Å². The Morgan fingerprint density at radius 2 is 1.15 bits per heavy atom. The van der Waals surface area contributed by atoms with Gasteiger partial charge >= 0.3 is 0 Å². The Morgan fingerprint density at radius 3 is 1.70 bits per heavy atom. The fourth-order valence-electron chi connectivity index (χ4n) is 3.21. The van der Waals surface area contributed by atoms with Crippen LogP contribution in [-0.4, -0.2) is 19.1 Å². The zero-order chi connectivity index (χ0) is 25.5. The van der Waals surface area contributed by atoms with E-state index in [2.05, 4.69) is 23.8 Å². The van der Waals surface area contributed by atoms with Crippen LogP contribution in [0.2, 0.25) is 0 Å². The third-order valence-electron chi connectivity index (χ3n) is 4.89. The number of imidazole rings is 2. The highest BCUT2D eigenvalue weighted by atomic mass is 19.2. The van der Waals surface area contributed by atoms with E-state index in [4.69, 9.17) is 0 Å². The van der Waals surface area contributed by atoms with E-state index in [9.17, 15) is 13.2 Å². The molecule has 0 aliphatic carbocycles. The van der Waals surface area contributed by atoms with Crippen molar-refractivity contribution in [3.05, 3.63) is 59.4 Å². The Hall–Kier alpha value is -2.83. The largest absolute Gasteiger partial charge is 0.328 e. The van der Waals surface area contributed by atoms with Crippen LogP contribution in [0.5, 0.6) is 0 Å². The third kappa shape index (κ3) is 6.15. The minimum atomic E-state index is -0.809. The van der Waals surface area contributed by atoms with E-state index in [1.165, 1.54) is 13.3 Å². The van der Waals surface area contributed by atoms with Crippen molar-refractivity contribution in [2.45, 2.75) is 81.3 Å². The molecule has 2 aromatic carbocycles. The number of rotatable bonds is 2. The predicted molar refractivity (Wildman–Crippen MR) is 132 cm³/mol. The first-order chi connectivity index (χ1) is 15.6. The number of hydrogen-bond donors (Lipinski definition) is 0. The van der Waals surface area contributed by atoms with Crippen LogP contribution in [0.3, 0.4) is 0 Å². The number of aromatic nitrogens is 4. The second-order valence-electron chi connectivity index (χ2n) is 7.77. The summed E-state index contributed by atoms with van der Waals surface area (Å²) in [5.41, 5.74) is 3.40. The zero-order valence-corrected chi connectivity index (χ0v) is 21.5. The first kappa shape index (κ1) is 28.2. The van der Waals surface area contributed by atoms with Crippen molar-refractivity contribution in [2.24, 2.45) is 0 Å². The smallest absolute Gasteiger partial charge is 0.184 e. The van der Waals surface area contributed by atoms with E-state index in [1.54, 1.807) is 36.0 Å². The highest BCUT2D eigenvalue weighted by Gasteiger charge is 2.16. The van der Waals surface area contributed by atoms with Crippen LogP contribution in [0.1, 0.15) is 78.6 Å². The molecule has 4 aromatic rings. The van der Waals surface area contributed by atoms with Gasteiger partial charge in [0.15, 0.2) is 11.6 Å². The summed E-state index contributed by atoms with van der Waals surface area (Å²) in [7, 11) is 0. The quantitative estimate of drug-likeness (QED) is 0.300. The lowest BCUT2D eigenvalue weighted by molar-refractivity contribution is 0.501. The second kappa shape index (κ2) is 12.4. The van der Waals surface area contributed by atoms with E-state index in [0.717, 1.165) is 11.0 Å². The van der Waals surface area contributed by atoms with Gasteiger partial charge < -0.3 is 9.13 Å². The standard InChI is InChI=1S/C11H12F2N2.C11H13FN2.2C2H6/c1-6(2)15-5-14-8-4-7(3)9(12)10(13)11(8)15;1-7(2)14-6-13-10-4-8(3)9(12)5-11(10)14;2*1-2/h4-6H,1-3H3;4-7H,1-3H3;2*1-2H3. The molecule has 0 fully saturated rings. The topological polar surface area (TPSA) is 35.6 Å². The van der Waals surface area contributed by atoms with Gasteiger partial charge in [-0.2, -0.15) is 0 Å². The molecule has 0 saturated heterocycles. The molecule has 4 rings (SSSR count). The highest BCUT2D eigenvalue weighted by molar-refractivity contribution is 5.77. The van der Waals surface area contributed by atoms with Crippen LogP contribution >= 0.6 is 0 Å². The molecule has 33 heavy (non-hydrogen) atoms. The Balaban J connectivity index is 0.000000288. The normalized spacial score (nSPS) is 10.5. The molecule has 0 aliphatic heterocycles. The van der Waals surface area contributed by atoms with E-state index in [1.807, 2.05) is 46.1 Å². The molecule has 182 valence electrons. The summed E-state index contributed by atoms with van der Waals surface area (Å²) >= 11 is 0. The maximum absolute atomic E-state index is 13.7. The third-order valence-corrected chi connectivity index (χ3v) is 4.89. The molecular formula is C26H37F3N4. The maximum Gasteiger partial charge on any atom is 0.184 e. The molecule has 4 nitrogen and oxygen atoms in total. The molecule has 0 unspecified atom stereocenters. The van der Waals surface area contributed by atoms with Gasteiger partial charge in [-0.05, 0) is 64.8 Å². The van der Waals surface area contributed by atoms with Gasteiger partial charge in [-0.1, -0.05) is 27.7 Å². The van der Waals surface area contributed by atoms with Gasteiger partial charge in [-0.25, -0.2) is 23.1 Å². The molecule has 0 aliphatic rings. The number of benzene rings is 2. The molecular weight excluding hydrogens is 425 g/mol. The van der Waals surface area contributed by atoms with Gasteiger partial charge in [0.2, 0.25) is 0 Å². The lowest BCUT2D eigenvalue weighted by atomic mass is 10.2. The number of fused-ring (bicyclic) bond motifs is 2.